The summed E-state index contributed by atoms with van der Waals surface area (Å²) in [6.07, 6.45) is 1.62. The lowest BCUT2D eigenvalue weighted by atomic mass is 10.1. The van der Waals surface area contributed by atoms with Crippen LogP contribution in [0.4, 0.5) is 0 Å². The van der Waals surface area contributed by atoms with E-state index in [9.17, 15) is 13.2 Å². The Labute approximate surface area is 132 Å². The second kappa shape index (κ2) is 6.40. The number of aryl methyl sites for hydroxylation is 2. The Morgan fingerprint density at radius 3 is 2.55 bits per heavy atom. The van der Waals surface area contributed by atoms with Crippen LogP contribution in [0.1, 0.15) is 36.7 Å². The smallest absolute Gasteiger partial charge is 0.223 e. The molecule has 7 heteroatoms. The number of aromatic nitrogens is 2. The molecule has 0 bridgehead atoms. The van der Waals surface area contributed by atoms with Gasteiger partial charge in [0.1, 0.15) is 0 Å². The van der Waals surface area contributed by atoms with E-state index in [2.05, 4.69) is 5.10 Å². The Morgan fingerprint density at radius 2 is 2.09 bits per heavy atom. The van der Waals surface area contributed by atoms with E-state index < -0.39 is 9.84 Å². The molecule has 1 aromatic heterocycles. The number of nitrogens with zero attached hydrogens (tertiary/aromatic N) is 3. The van der Waals surface area contributed by atoms with Crippen LogP contribution in [0, 0.1) is 13.8 Å². The molecule has 0 radical (unpaired) electrons. The number of hydrogen-bond donors (Lipinski definition) is 0. The number of carbonyl (C=O) groups excluding carboxylic acids is 1. The minimum Gasteiger partial charge on any atom is -0.339 e. The first-order chi connectivity index (χ1) is 10.2. The highest BCUT2D eigenvalue weighted by atomic mass is 32.2. The van der Waals surface area contributed by atoms with Crippen LogP contribution in [0.2, 0.25) is 0 Å². The van der Waals surface area contributed by atoms with Crippen LogP contribution in [-0.2, 0) is 28.1 Å². The molecule has 1 atom stereocenters. The predicted octanol–water partition coefficient (Wildman–Crippen LogP) is 1.01. The summed E-state index contributed by atoms with van der Waals surface area (Å²) in [7, 11) is -1.07. The normalized spacial score (nSPS) is 20.3. The topological polar surface area (TPSA) is 72.3 Å². The zero-order chi connectivity index (χ0) is 16.5. The zero-order valence-corrected chi connectivity index (χ0v) is 14.6. The molecule has 0 aromatic carbocycles. The van der Waals surface area contributed by atoms with Crippen molar-refractivity contribution in [3.63, 3.8) is 0 Å². The lowest BCUT2D eigenvalue weighted by molar-refractivity contribution is -0.132. The predicted molar refractivity (Wildman–Crippen MR) is 85.4 cm³/mol. The van der Waals surface area contributed by atoms with Crippen molar-refractivity contribution < 1.29 is 13.2 Å². The van der Waals surface area contributed by atoms with Crippen molar-refractivity contribution in [3.05, 3.63) is 17.0 Å². The highest BCUT2D eigenvalue weighted by Crippen LogP contribution is 2.20. The lowest BCUT2D eigenvalue weighted by Crippen LogP contribution is -2.41. The van der Waals surface area contributed by atoms with Crippen LogP contribution in [-0.4, -0.2) is 53.1 Å². The SMILES string of the molecule is CCN(C(=O)CCc1c(C)nn(C)c1C)C1CCS(=O)(=O)C1. The third-order valence-electron chi connectivity index (χ3n) is 4.56. The molecule has 1 aliphatic rings. The van der Waals surface area contributed by atoms with Crippen LogP contribution in [0.3, 0.4) is 0 Å². The van der Waals surface area contributed by atoms with Crippen molar-refractivity contribution in [2.75, 3.05) is 18.1 Å². The fourth-order valence-electron chi connectivity index (χ4n) is 3.21. The summed E-state index contributed by atoms with van der Waals surface area (Å²) < 4.78 is 25.0. The van der Waals surface area contributed by atoms with E-state index in [1.54, 1.807) is 4.90 Å². The number of sulfone groups is 1. The molecule has 124 valence electrons. The summed E-state index contributed by atoms with van der Waals surface area (Å²) in [4.78, 5) is 14.2. The molecular formula is C15H25N3O3S. The van der Waals surface area contributed by atoms with Gasteiger partial charge in [0.25, 0.3) is 0 Å². The average Bonchev–Trinajstić information content (AvgIpc) is 2.90. The lowest BCUT2D eigenvalue weighted by Gasteiger charge is -2.27. The van der Waals surface area contributed by atoms with Crippen LogP contribution in [0.15, 0.2) is 0 Å². The minimum absolute atomic E-state index is 0.0345. The quantitative estimate of drug-likeness (QED) is 0.809. The summed E-state index contributed by atoms with van der Waals surface area (Å²) in [6, 6.07) is -0.154. The third kappa shape index (κ3) is 3.51. The minimum atomic E-state index is -2.97. The number of hydrogen-bond acceptors (Lipinski definition) is 4. The Morgan fingerprint density at radius 1 is 1.41 bits per heavy atom. The number of rotatable bonds is 5. The van der Waals surface area contributed by atoms with Gasteiger partial charge in [0.2, 0.25) is 5.91 Å². The van der Waals surface area contributed by atoms with Gasteiger partial charge in [0, 0.05) is 31.7 Å². The molecule has 1 amide bonds. The maximum atomic E-state index is 12.5. The van der Waals surface area contributed by atoms with E-state index in [0.29, 0.717) is 25.8 Å². The number of amides is 1. The van der Waals surface area contributed by atoms with E-state index in [-0.39, 0.29) is 23.5 Å². The van der Waals surface area contributed by atoms with E-state index >= 15 is 0 Å². The first kappa shape index (κ1) is 17.0. The molecular weight excluding hydrogens is 302 g/mol. The van der Waals surface area contributed by atoms with Crippen molar-refractivity contribution >= 4 is 15.7 Å². The van der Waals surface area contributed by atoms with Crippen LogP contribution >= 0.6 is 0 Å². The average molecular weight is 327 g/mol. The summed E-state index contributed by atoms with van der Waals surface area (Å²) >= 11 is 0. The number of carbonyl (C=O) groups is 1. The highest BCUT2D eigenvalue weighted by Gasteiger charge is 2.33. The second-order valence-corrected chi connectivity index (χ2v) is 8.24. The molecule has 6 nitrogen and oxygen atoms in total. The van der Waals surface area contributed by atoms with Gasteiger partial charge in [-0.3, -0.25) is 9.48 Å². The van der Waals surface area contributed by atoms with Gasteiger partial charge in [0.05, 0.1) is 17.2 Å². The fraction of sp³-hybridized carbons (Fsp3) is 0.733. The van der Waals surface area contributed by atoms with Crippen LogP contribution in [0.5, 0.6) is 0 Å². The molecule has 1 aromatic rings. The first-order valence-corrected chi connectivity index (χ1v) is 9.56. The van der Waals surface area contributed by atoms with Gasteiger partial charge in [0.15, 0.2) is 9.84 Å². The van der Waals surface area contributed by atoms with Gasteiger partial charge in [-0.1, -0.05) is 0 Å². The first-order valence-electron chi connectivity index (χ1n) is 7.74. The van der Waals surface area contributed by atoms with E-state index in [1.165, 1.54) is 0 Å². The molecule has 1 aliphatic heterocycles. The van der Waals surface area contributed by atoms with Crippen molar-refractivity contribution in [2.24, 2.45) is 7.05 Å². The second-order valence-electron chi connectivity index (χ2n) is 6.01. The summed E-state index contributed by atoms with van der Waals surface area (Å²) in [5, 5.41) is 4.36. The molecule has 0 N–H and O–H groups in total. The van der Waals surface area contributed by atoms with Gasteiger partial charge < -0.3 is 4.90 Å². The molecule has 1 fully saturated rings. The molecule has 2 rings (SSSR count). The largest absolute Gasteiger partial charge is 0.339 e. The molecule has 0 saturated carbocycles. The summed E-state index contributed by atoms with van der Waals surface area (Å²) in [6.45, 7) is 6.42. The third-order valence-corrected chi connectivity index (χ3v) is 6.31. The van der Waals surface area contributed by atoms with Crippen molar-refractivity contribution in [1.82, 2.24) is 14.7 Å². The van der Waals surface area contributed by atoms with Crippen molar-refractivity contribution in [1.29, 1.82) is 0 Å². The molecule has 0 spiro atoms. The van der Waals surface area contributed by atoms with Gasteiger partial charge in [-0.05, 0) is 39.2 Å². The van der Waals surface area contributed by atoms with E-state index in [4.69, 9.17) is 0 Å². The zero-order valence-electron chi connectivity index (χ0n) is 13.8. The summed E-state index contributed by atoms with van der Waals surface area (Å²) in [5.41, 5.74) is 3.15. The van der Waals surface area contributed by atoms with Crippen LogP contribution in [0.25, 0.3) is 0 Å². The molecule has 1 saturated heterocycles. The van der Waals surface area contributed by atoms with Gasteiger partial charge in [-0.25, -0.2) is 8.42 Å². The maximum absolute atomic E-state index is 12.5. The highest BCUT2D eigenvalue weighted by molar-refractivity contribution is 7.91. The van der Waals surface area contributed by atoms with Crippen molar-refractivity contribution in [3.8, 4) is 0 Å². The monoisotopic (exact) mass is 327 g/mol. The Balaban J connectivity index is 2.01. The Hall–Kier alpha value is -1.37. The summed E-state index contributed by atoms with van der Waals surface area (Å²) in [5.74, 6) is 0.340. The van der Waals surface area contributed by atoms with Gasteiger partial charge >= 0.3 is 0 Å². The maximum Gasteiger partial charge on any atom is 0.223 e. The Bertz CT molecular complexity index is 664. The Kier molecular flexibility index (Phi) is 4.94. The van der Waals surface area contributed by atoms with Gasteiger partial charge in [-0.2, -0.15) is 5.10 Å². The molecule has 0 aliphatic carbocycles. The fourth-order valence-corrected chi connectivity index (χ4v) is 4.94. The van der Waals surface area contributed by atoms with Gasteiger partial charge in [-0.15, -0.1) is 0 Å². The van der Waals surface area contributed by atoms with E-state index in [1.807, 2.05) is 32.5 Å². The standard InChI is InChI=1S/C15H25N3O3S/c1-5-18(13-8-9-22(20,21)10-13)15(19)7-6-14-11(2)16-17(4)12(14)3/h13H,5-10H2,1-4H3. The molecule has 2 heterocycles. The van der Waals surface area contributed by atoms with E-state index in [0.717, 1.165) is 17.0 Å². The van der Waals surface area contributed by atoms with Crippen molar-refractivity contribution in [2.45, 2.75) is 46.1 Å². The molecule has 22 heavy (non-hydrogen) atoms. The molecule has 1 unspecified atom stereocenters. The van der Waals surface area contributed by atoms with Crippen LogP contribution < -0.4 is 0 Å².